The van der Waals surface area contributed by atoms with E-state index in [9.17, 15) is 13.2 Å². The highest BCUT2D eigenvalue weighted by Crippen LogP contribution is 2.43. The highest BCUT2D eigenvalue weighted by Gasteiger charge is 2.43. The van der Waals surface area contributed by atoms with Crippen LogP contribution in [0.25, 0.3) is 10.9 Å². The van der Waals surface area contributed by atoms with Crippen molar-refractivity contribution in [3.8, 4) is 0 Å². The molecule has 32 heavy (non-hydrogen) atoms. The number of benzene rings is 2. The second-order valence-electron chi connectivity index (χ2n) is 8.85. The van der Waals surface area contributed by atoms with Gasteiger partial charge in [-0.05, 0) is 38.0 Å². The van der Waals surface area contributed by atoms with Crippen molar-refractivity contribution in [2.45, 2.75) is 32.2 Å². The Morgan fingerprint density at radius 2 is 1.84 bits per heavy atom. The van der Waals surface area contributed by atoms with Gasteiger partial charge < -0.3 is 15.0 Å². The van der Waals surface area contributed by atoms with Crippen LogP contribution in [0.1, 0.15) is 43.4 Å². The lowest BCUT2D eigenvalue weighted by molar-refractivity contribution is -0.000184. The van der Waals surface area contributed by atoms with Gasteiger partial charge in [0.05, 0.1) is 29.0 Å². The van der Waals surface area contributed by atoms with E-state index in [4.69, 9.17) is 4.74 Å². The third kappa shape index (κ3) is 3.77. The fourth-order valence-corrected chi connectivity index (χ4v) is 4.81. The molecular formula is C24H25F3N4O. The van der Waals surface area contributed by atoms with Gasteiger partial charge in [-0.2, -0.15) is 10.2 Å². The Hall–Kier alpha value is -2.87. The molecule has 2 aliphatic rings. The van der Waals surface area contributed by atoms with Gasteiger partial charge in [0, 0.05) is 48.4 Å². The fourth-order valence-electron chi connectivity index (χ4n) is 4.81. The zero-order valence-corrected chi connectivity index (χ0v) is 17.8. The molecule has 3 heterocycles. The predicted molar refractivity (Wildman–Crippen MR) is 118 cm³/mol. The van der Waals surface area contributed by atoms with Crippen molar-refractivity contribution >= 4 is 22.3 Å². The van der Waals surface area contributed by atoms with Crippen LogP contribution < -0.4 is 10.2 Å². The third-order valence-electron chi connectivity index (χ3n) is 6.73. The Morgan fingerprint density at radius 3 is 2.59 bits per heavy atom. The quantitative estimate of drug-likeness (QED) is 0.566. The molecule has 1 aromatic heterocycles. The Bertz CT molecular complexity index is 1130. The molecule has 0 bridgehead atoms. The first-order chi connectivity index (χ1) is 15.5. The Labute approximate surface area is 184 Å². The first-order valence-corrected chi connectivity index (χ1v) is 10.9. The maximum atomic E-state index is 14.6. The maximum absolute atomic E-state index is 14.6. The lowest BCUT2D eigenvalue weighted by Gasteiger charge is -2.53. The zero-order chi connectivity index (χ0) is 22.3. The first-order valence-electron chi connectivity index (χ1n) is 10.9. The first kappa shape index (κ1) is 21.0. The number of nitrogens with one attached hydrogen (secondary N) is 1. The molecule has 0 amide bonds. The van der Waals surface area contributed by atoms with Gasteiger partial charge in [-0.25, -0.2) is 13.2 Å². The van der Waals surface area contributed by atoms with Crippen LogP contribution in [0.15, 0.2) is 42.6 Å². The van der Waals surface area contributed by atoms with Gasteiger partial charge in [0.1, 0.15) is 5.82 Å². The summed E-state index contributed by atoms with van der Waals surface area (Å²) in [5, 5.41) is 12.4. The molecule has 1 atom stereocenters. The highest BCUT2D eigenvalue weighted by atomic mass is 19.3. The van der Waals surface area contributed by atoms with Crippen LogP contribution in [0.3, 0.4) is 0 Å². The van der Waals surface area contributed by atoms with Crippen molar-refractivity contribution in [2.24, 2.45) is 5.41 Å². The molecule has 0 aliphatic carbocycles. The number of rotatable bonds is 5. The molecule has 5 rings (SSSR count). The summed E-state index contributed by atoms with van der Waals surface area (Å²) in [6, 6.07) is 9.60. The minimum Gasteiger partial charge on any atom is -0.381 e. The molecule has 0 radical (unpaired) electrons. The van der Waals surface area contributed by atoms with Crippen molar-refractivity contribution < 1.29 is 17.9 Å². The van der Waals surface area contributed by atoms with Gasteiger partial charge in [0.2, 0.25) is 0 Å². The Balaban J connectivity index is 1.40. The van der Waals surface area contributed by atoms with Crippen LogP contribution >= 0.6 is 0 Å². The van der Waals surface area contributed by atoms with Gasteiger partial charge in [0.15, 0.2) is 0 Å². The molecule has 0 saturated carbocycles. The summed E-state index contributed by atoms with van der Waals surface area (Å²) < 4.78 is 46.3. The average Bonchev–Trinajstić information content (AvgIpc) is 2.78. The lowest BCUT2D eigenvalue weighted by atomic mass is 9.73. The van der Waals surface area contributed by atoms with Crippen LogP contribution in [0.5, 0.6) is 0 Å². The van der Waals surface area contributed by atoms with Gasteiger partial charge in [-0.1, -0.05) is 18.2 Å². The van der Waals surface area contributed by atoms with E-state index >= 15 is 0 Å². The normalized spacial score (nSPS) is 18.7. The molecule has 3 aromatic rings. The molecule has 2 saturated heterocycles. The standard InChI is InChI=1S/C24H25F3N4O/c1-15(17-3-2-4-18(22(17)25)23(26)27)29-21-12-28-30-20-6-5-16(11-19(20)21)31-13-24(14-31)7-9-32-10-8-24/h2-6,11-12,15,23H,7-10,13-14H2,1H3,(H,29,30)/t15-/m1/s1. The van der Waals surface area contributed by atoms with Crippen molar-refractivity contribution in [1.29, 1.82) is 0 Å². The van der Waals surface area contributed by atoms with Gasteiger partial charge in [-0.3, -0.25) is 0 Å². The van der Waals surface area contributed by atoms with Crippen molar-refractivity contribution in [1.82, 2.24) is 10.2 Å². The number of anilines is 2. The van der Waals surface area contributed by atoms with Crippen molar-refractivity contribution in [3.63, 3.8) is 0 Å². The largest absolute Gasteiger partial charge is 0.381 e. The second kappa shape index (κ2) is 8.24. The molecule has 0 unspecified atom stereocenters. The summed E-state index contributed by atoms with van der Waals surface area (Å²) in [4.78, 5) is 2.35. The van der Waals surface area contributed by atoms with Gasteiger partial charge in [-0.15, -0.1) is 0 Å². The van der Waals surface area contributed by atoms with E-state index in [1.807, 2.05) is 12.1 Å². The lowest BCUT2D eigenvalue weighted by Crippen LogP contribution is -2.58. The smallest absolute Gasteiger partial charge is 0.266 e. The number of alkyl halides is 2. The summed E-state index contributed by atoms with van der Waals surface area (Å²) >= 11 is 0. The number of nitrogens with zero attached hydrogens (tertiary/aromatic N) is 3. The molecule has 1 N–H and O–H groups in total. The highest BCUT2D eigenvalue weighted by molar-refractivity contribution is 5.93. The minimum absolute atomic E-state index is 0.188. The van der Waals surface area contributed by atoms with Crippen LogP contribution in [-0.4, -0.2) is 36.5 Å². The molecule has 1 spiro atoms. The van der Waals surface area contributed by atoms with Gasteiger partial charge >= 0.3 is 0 Å². The fraction of sp³-hybridized carbons (Fsp3) is 0.417. The van der Waals surface area contributed by atoms with E-state index in [1.165, 1.54) is 12.1 Å². The molecule has 168 valence electrons. The maximum Gasteiger partial charge on any atom is 0.266 e. The van der Waals surface area contributed by atoms with Crippen LogP contribution in [0, 0.1) is 11.2 Å². The molecule has 2 aromatic carbocycles. The van der Waals surface area contributed by atoms with E-state index in [0.29, 0.717) is 16.6 Å². The van der Waals surface area contributed by atoms with Crippen LogP contribution in [0.4, 0.5) is 24.5 Å². The minimum atomic E-state index is -2.86. The summed E-state index contributed by atoms with van der Waals surface area (Å²) in [6.45, 7) is 5.41. The Morgan fingerprint density at radius 1 is 1.09 bits per heavy atom. The summed E-state index contributed by atoms with van der Waals surface area (Å²) in [5.41, 5.74) is 2.46. The summed E-state index contributed by atoms with van der Waals surface area (Å²) in [6.07, 6.45) is 0.920. The third-order valence-corrected chi connectivity index (χ3v) is 6.73. The number of aromatic nitrogens is 2. The predicted octanol–water partition coefficient (Wildman–Crippen LogP) is 5.50. The molecule has 8 heteroatoms. The SMILES string of the molecule is C[C@@H](Nc1cnnc2ccc(N3CC4(CCOCC4)C3)cc12)c1cccc(C(F)F)c1F. The van der Waals surface area contributed by atoms with E-state index in [0.717, 1.165) is 56.3 Å². The van der Waals surface area contributed by atoms with Gasteiger partial charge in [0.25, 0.3) is 6.43 Å². The monoisotopic (exact) mass is 442 g/mol. The molecule has 5 nitrogen and oxygen atoms in total. The summed E-state index contributed by atoms with van der Waals surface area (Å²) in [7, 11) is 0. The Kier molecular flexibility index (Phi) is 5.41. The zero-order valence-electron chi connectivity index (χ0n) is 17.8. The van der Waals surface area contributed by atoms with E-state index in [1.54, 1.807) is 13.1 Å². The number of hydrogen-bond donors (Lipinski definition) is 1. The van der Waals surface area contributed by atoms with Crippen molar-refractivity contribution in [2.75, 3.05) is 36.5 Å². The molecular weight excluding hydrogens is 417 g/mol. The number of hydrogen-bond acceptors (Lipinski definition) is 5. The summed E-state index contributed by atoms with van der Waals surface area (Å²) in [5.74, 6) is -0.878. The molecule has 2 fully saturated rings. The van der Waals surface area contributed by atoms with E-state index in [-0.39, 0.29) is 5.56 Å². The van der Waals surface area contributed by atoms with E-state index in [2.05, 4.69) is 26.5 Å². The topological polar surface area (TPSA) is 50.3 Å². The van der Waals surface area contributed by atoms with Crippen molar-refractivity contribution in [3.05, 3.63) is 59.5 Å². The van der Waals surface area contributed by atoms with E-state index < -0.39 is 23.8 Å². The number of halogens is 3. The number of fused-ring (bicyclic) bond motifs is 1. The average molecular weight is 442 g/mol. The van der Waals surface area contributed by atoms with Crippen LogP contribution in [0.2, 0.25) is 0 Å². The second-order valence-corrected chi connectivity index (χ2v) is 8.85. The van der Waals surface area contributed by atoms with Crippen LogP contribution in [-0.2, 0) is 4.74 Å². The molecule has 2 aliphatic heterocycles. The number of ether oxygens (including phenoxy) is 1.